The number of nitrogens with one attached hydrogen (secondary N) is 3. The molecular formula is C8H17N5O2S. The number of sulfonamides is 1. The Morgan fingerprint density at radius 2 is 2.25 bits per heavy atom. The molecule has 92 valence electrons. The second kappa shape index (κ2) is 6.56. The number of rotatable bonds is 8. The van der Waals surface area contributed by atoms with Crippen LogP contribution in [-0.2, 0) is 16.4 Å². The standard InChI is InChI=1S/C8H17N5O2S/c1-9-5-6-16(14,15)12-4-2-3-8-10-7-11-13-8/h7,9,12H,2-6H2,1H3,(H,10,11,13). The van der Waals surface area contributed by atoms with Crippen LogP contribution in [0.15, 0.2) is 6.33 Å². The first-order chi connectivity index (χ1) is 7.64. The van der Waals surface area contributed by atoms with Crippen LogP contribution in [0.4, 0.5) is 0 Å². The fourth-order valence-corrected chi connectivity index (χ4v) is 2.22. The molecule has 1 rings (SSSR count). The SMILES string of the molecule is CNCCS(=O)(=O)NCCCc1ncn[nH]1. The Kier molecular flexibility index (Phi) is 5.36. The molecule has 0 aliphatic rings. The van der Waals surface area contributed by atoms with E-state index in [2.05, 4.69) is 25.2 Å². The molecule has 0 radical (unpaired) electrons. The largest absolute Gasteiger partial charge is 0.319 e. The van der Waals surface area contributed by atoms with Gasteiger partial charge in [0.15, 0.2) is 0 Å². The van der Waals surface area contributed by atoms with Gasteiger partial charge in [0.05, 0.1) is 5.75 Å². The quantitative estimate of drug-likeness (QED) is 0.505. The summed E-state index contributed by atoms with van der Waals surface area (Å²) in [7, 11) is -1.42. The minimum absolute atomic E-state index is 0.103. The Bertz CT molecular complexity index is 375. The second-order valence-electron chi connectivity index (χ2n) is 3.35. The highest BCUT2D eigenvalue weighted by molar-refractivity contribution is 7.89. The van der Waals surface area contributed by atoms with Crippen molar-refractivity contribution < 1.29 is 8.42 Å². The summed E-state index contributed by atoms with van der Waals surface area (Å²) in [4.78, 5) is 3.95. The summed E-state index contributed by atoms with van der Waals surface area (Å²) >= 11 is 0. The highest BCUT2D eigenvalue weighted by atomic mass is 32.2. The van der Waals surface area contributed by atoms with E-state index in [1.807, 2.05) is 0 Å². The minimum atomic E-state index is -3.14. The average molecular weight is 247 g/mol. The van der Waals surface area contributed by atoms with Gasteiger partial charge in [-0.3, -0.25) is 5.10 Å². The van der Waals surface area contributed by atoms with Gasteiger partial charge < -0.3 is 5.32 Å². The first-order valence-electron chi connectivity index (χ1n) is 5.10. The van der Waals surface area contributed by atoms with Gasteiger partial charge >= 0.3 is 0 Å². The highest BCUT2D eigenvalue weighted by Crippen LogP contribution is 1.92. The van der Waals surface area contributed by atoms with Gasteiger partial charge in [-0.2, -0.15) is 5.10 Å². The van der Waals surface area contributed by atoms with Gasteiger partial charge in [-0.15, -0.1) is 0 Å². The number of nitrogens with zero attached hydrogens (tertiary/aromatic N) is 2. The monoisotopic (exact) mass is 247 g/mol. The zero-order valence-electron chi connectivity index (χ0n) is 9.23. The molecule has 8 heteroatoms. The molecule has 0 unspecified atom stereocenters. The maximum atomic E-state index is 11.4. The fraction of sp³-hybridized carbons (Fsp3) is 0.750. The van der Waals surface area contributed by atoms with Gasteiger partial charge in [0, 0.05) is 19.5 Å². The molecule has 0 fully saturated rings. The first kappa shape index (κ1) is 13.1. The Morgan fingerprint density at radius 3 is 2.88 bits per heavy atom. The lowest BCUT2D eigenvalue weighted by Crippen LogP contribution is -2.31. The zero-order chi connectivity index (χ0) is 11.9. The lowest BCUT2D eigenvalue weighted by atomic mass is 10.3. The lowest BCUT2D eigenvalue weighted by Gasteiger charge is -2.05. The van der Waals surface area contributed by atoms with Crippen LogP contribution in [0.2, 0.25) is 0 Å². The molecule has 0 saturated carbocycles. The van der Waals surface area contributed by atoms with E-state index < -0.39 is 10.0 Å². The molecule has 1 aromatic heterocycles. The molecule has 3 N–H and O–H groups in total. The van der Waals surface area contributed by atoms with Crippen LogP contribution in [0, 0.1) is 0 Å². The van der Waals surface area contributed by atoms with Gasteiger partial charge in [0.25, 0.3) is 0 Å². The molecule has 0 spiro atoms. The van der Waals surface area contributed by atoms with Gasteiger partial charge in [-0.25, -0.2) is 18.1 Å². The van der Waals surface area contributed by atoms with Gasteiger partial charge in [0.2, 0.25) is 10.0 Å². The molecule has 0 saturated heterocycles. The van der Waals surface area contributed by atoms with Crippen LogP contribution < -0.4 is 10.0 Å². The van der Waals surface area contributed by atoms with Crippen LogP contribution in [0.1, 0.15) is 12.2 Å². The summed E-state index contributed by atoms with van der Waals surface area (Å²) in [6.07, 6.45) is 2.83. The number of hydrogen-bond donors (Lipinski definition) is 3. The number of hydrogen-bond acceptors (Lipinski definition) is 5. The third kappa shape index (κ3) is 5.19. The molecule has 0 aromatic carbocycles. The number of aromatic amines is 1. The molecule has 16 heavy (non-hydrogen) atoms. The normalized spacial score (nSPS) is 11.8. The summed E-state index contributed by atoms with van der Waals surface area (Å²) < 4.78 is 25.3. The van der Waals surface area contributed by atoms with E-state index in [4.69, 9.17) is 0 Å². The zero-order valence-corrected chi connectivity index (χ0v) is 10.0. The van der Waals surface area contributed by atoms with Crippen LogP contribution in [0.3, 0.4) is 0 Å². The van der Waals surface area contributed by atoms with Crippen molar-refractivity contribution in [2.75, 3.05) is 25.9 Å². The van der Waals surface area contributed by atoms with Crippen molar-refractivity contribution in [1.82, 2.24) is 25.2 Å². The second-order valence-corrected chi connectivity index (χ2v) is 5.28. The Balaban J connectivity index is 2.15. The van der Waals surface area contributed by atoms with E-state index in [-0.39, 0.29) is 5.75 Å². The fourth-order valence-electron chi connectivity index (χ4n) is 1.14. The first-order valence-corrected chi connectivity index (χ1v) is 6.75. The van der Waals surface area contributed by atoms with E-state index in [9.17, 15) is 8.42 Å². The maximum absolute atomic E-state index is 11.4. The van der Waals surface area contributed by atoms with E-state index >= 15 is 0 Å². The summed E-state index contributed by atoms with van der Waals surface area (Å²) in [5, 5.41) is 9.22. The van der Waals surface area contributed by atoms with E-state index in [1.165, 1.54) is 6.33 Å². The minimum Gasteiger partial charge on any atom is -0.319 e. The molecule has 0 amide bonds. The van der Waals surface area contributed by atoms with E-state index in [0.717, 1.165) is 5.82 Å². The molecule has 1 heterocycles. The van der Waals surface area contributed by atoms with Crippen molar-refractivity contribution in [2.24, 2.45) is 0 Å². The van der Waals surface area contributed by atoms with Gasteiger partial charge in [0.1, 0.15) is 12.2 Å². The van der Waals surface area contributed by atoms with Crippen molar-refractivity contribution in [3.63, 3.8) is 0 Å². The van der Waals surface area contributed by atoms with Crippen molar-refractivity contribution in [1.29, 1.82) is 0 Å². The number of aryl methyl sites for hydroxylation is 1. The van der Waals surface area contributed by atoms with Crippen molar-refractivity contribution in [3.8, 4) is 0 Å². The number of H-pyrrole nitrogens is 1. The molecule has 7 nitrogen and oxygen atoms in total. The van der Waals surface area contributed by atoms with Crippen LogP contribution >= 0.6 is 0 Å². The summed E-state index contributed by atoms with van der Waals surface area (Å²) in [5.41, 5.74) is 0. The van der Waals surface area contributed by atoms with Crippen molar-refractivity contribution in [3.05, 3.63) is 12.2 Å². The third-order valence-electron chi connectivity index (χ3n) is 2.00. The predicted octanol–water partition coefficient (Wildman–Crippen LogP) is -1.12. The van der Waals surface area contributed by atoms with Crippen LogP contribution in [-0.4, -0.2) is 49.5 Å². The van der Waals surface area contributed by atoms with E-state index in [1.54, 1.807) is 7.05 Å². The Morgan fingerprint density at radius 1 is 1.44 bits per heavy atom. The number of aromatic nitrogens is 3. The summed E-state index contributed by atoms with van der Waals surface area (Å²) in [6.45, 7) is 0.879. The highest BCUT2D eigenvalue weighted by Gasteiger charge is 2.07. The van der Waals surface area contributed by atoms with Gasteiger partial charge in [-0.1, -0.05) is 0 Å². The Labute approximate surface area is 95.1 Å². The molecule has 0 aliphatic heterocycles. The molecular weight excluding hydrogens is 230 g/mol. The smallest absolute Gasteiger partial charge is 0.212 e. The Hall–Kier alpha value is -0.990. The van der Waals surface area contributed by atoms with Crippen LogP contribution in [0.5, 0.6) is 0 Å². The summed E-state index contributed by atoms with van der Waals surface area (Å²) in [6, 6.07) is 0. The topological polar surface area (TPSA) is 99.8 Å². The predicted molar refractivity (Wildman–Crippen MR) is 60.4 cm³/mol. The maximum Gasteiger partial charge on any atom is 0.212 e. The third-order valence-corrected chi connectivity index (χ3v) is 3.38. The summed E-state index contributed by atoms with van der Waals surface area (Å²) in [5.74, 6) is 0.876. The molecule has 0 bridgehead atoms. The van der Waals surface area contributed by atoms with Crippen molar-refractivity contribution in [2.45, 2.75) is 12.8 Å². The molecule has 1 aromatic rings. The van der Waals surface area contributed by atoms with Crippen molar-refractivity contribution >= 4 is 10.0 Å². The van der Waals surface area contributed by atoms with Gasteiger partial charge in [-0.05, 0) is 13.5 Å². The molecule has 0 aliphatic carbocycles. The average Bonchev–Trinajstić information content (AvgIpc) is 2.75. The molecule has 0 atom stereocenters. The van der Waals surface area contributed by atoms with E-state index in [0.29, 0.717) is 25.9 Å². The lowest BCUT2D eigenvalue weighted by molar-refractivity contribution is 0.576. The van der Waals surface area contributed by atoms with Crippen LogP contribution in [0.25, 0.3) is 0 Å².